The highest BCUT2D eigenvalue weighted by Gasteiger charge is 2.35. The van der Waals surface area contributed by atoms with Gasteiger partial charge in [-0.05, 0) is 36.1 Å². The van der Waals surface area contributed by atoms with Crippen molar-refractivity contribution in [1.82, 2.24) is 20.2 Å². The third-order valence-corrected chi connectivity index (χ3v) is 4.31. The summed E-state index contributed by atoms with van der Waals surface area (Å²) in [5.74, 6) is -0.995. The zero-order valence-electron chi connectivity index (χ0n) is 15.2. The summed E-state index contributed by atoms with van der Waals surface area (Å²) >= 11 is 0. The van der Waals surface area contributed by atoms with Crippen molar-refractivity contribution in [2.45, 2.75) is 26.3 Å². The summed E-state index contributed by atoms with van der Waals surface area (Å²) in [7, 11) is 0. The predicted molar refractivity (Wildman–Crippen MR) is 96.6 cm³/mol. The van der Waals surface area contributed by atoms with Gasteiger partial charge < -0.3 is 15.2 Å². The molecule has 0 bridgehead atoms. The second-order valence-electron chi connectivity index (χ2n) is 6.94. The first-order valence-corrected chi connectivity index (χ1v) is 8.79. The van der Waals surface area contributed by atoms with E-state index in [0.717, 1.165) is 0 Å². The molecule has 0 saturated carbocycles. The number of aromatic nitrogens is 2. The number of hydrogen-bond acceptors (Lipinski definition) is 4. The van der Waals surface area contributed by atoms with Crippen LogP contribution in [0.4, 0.5) is 4.39 Å². The van der Waals surface area contributed by atoms with Crippen molar-refractivity contribution in [2.24, 2.45) is 5.92 Å². The minimum Gasteiger partial charge on any atom is -0.352 e. The molecule has 1 fully saturated rings. The number of nitrogens with zero attached hydrogens (tertiary/aromatic N) is 2. The van der Waals surface area contributed by atoms with Gasteiger partial charge in [0.2, 0.25) is 5.91 Å². The molecule has 2 N–H and O–H groups in total. The second-order valence-corrected chi connectivity index (χ2v) is 6.94. The largest absolute Gasteiger partial charge is 0.352 e. The molecule has 1 atom stereocenters. The van der Waals surface area contributed by atoms with E-state index in [-0.39, 0.29) is 18.1 Å². The lowest BCUT2D eigenvalue weighted by molar-refractivity contribution is -0.128. The molecule has 0 radical (unpaired) electrons. The van der Waals surface area contributed by atoms with E-state index in [1.807, 2.05) is 13.8 Å². The fourth-order valence-electron chi connectivity index (χ4n) is 3.18. The first-order chi connectivity index (χ1) is 12.8. The zero-order valence-corrected chi connectivity index (χ0v) is 15.2. The Morgan fingerprint density at radius 3 is 2.67 bits per heavy atom. The van der Waals surface area contributed by atoms with Gasteiger partial charge in [-0.15, -0.1) is 0 Å². The van der Waals surface area contributed by atoms with E-state index in [9.17, 15) is 18.8 Å². The molecule has 1 unspecified atom stereocenters. The van der Waals surface area contributed by atoms with Crippen molar-refractivity contribution in [3.63, 3.8) is 0 Å². The summed E-state index contributed by atoms with van der Waals surface area (Å²) in [6, 6.07) is 6.08. The lowest BCUT2D eigenvalue weighted by atomic mass is 10.0. The molecule has 1 aliphatic heterocycles. The third kappa shape index (κ3) is 4.21. The maximum Gasteiger partial charge on any atom is 0.345 e. The van der Waals surface area contributed by atoms with Crippen LogP contribution < -0.4 is 11.0 Å². The molecule has 1 aliphatic rings. The highest BCUT2D eigenvalue weighted by molar-refractivity contribution is 5.97. The van der Waals surface area contributed by atoms with Crippen molar-refractivity contribution in [3.8, 4) is 0 Å². The van der Waals surface area contributed by atoms with Crippen LogP contribution in [0.25, 0.3) is 0 Å². The molecular weight excluding hydrogens is 351 g/mol. The molecule has 2 heterocycles. The number of carbonyl (C=O) groups excluding carboxylic acids is 2. The lowest BCUT2D eigenvalue weighted by Crippen LogP contribution is -2.52. The van der Waals surface area contributed by atoms with E-state index >= 15 is 0 Å². The molecule has 142 valence electrons. The fourth-order valence-corrected chi connectivity index (χ4v) is 3.18. The van der Waals surface area contributed by atoms with Crippen LogP contribution in [0.2, 0.25) is 0 Å². The highest BCUT2D eigenvalue weighted by Crippen LogP contribution is 2.25. The standard InChI is InChI=1S/C19H21FN4O3/c1-11(2)9-14-10-15(23-19(27)22-14)18(26)24-8-7-21-17(25)16(24)12-3-5-13(20)6-4-12/h3-6,10-11,16H,7-9H2,1-2H3,(H,21,25)(H,22,23,27). The quantitative estimate of drug-likeness (QED) is 0.849. The van der Waals surface area contributed by atoms with Crippen molar-refractivity contribution >= 4 is 11.8 Å². The number of H-pyrrole nitrogens is 1. The average Bonchev–Trinajstić information content (AvgIpc) is 2.61. The predicted octanol–water partition coefficient (Wildman–Crippen LogP) is 1.42. The lowest BCUT2D eigenvalue weighted by Gasteiger charge is -2.35. The molecule has 8 heteroatoms. The third-order valence-electron chi connectivity index (χ3n) is 4.31. The molecule has 1 saturated heterocycles. The molecule has 1 aromatic carbocycles. The molecule has 0 spiro atoms. The molecule has 2 amide bonds. The Morgan fingerprint density at radius 1 is 1.30 bits per heavy atom. The Hall–Kier alpha value is -3.03. The smallest absolute Gasteiger partial charge is 0.345 e. The van der Waals surface area contributed by atoms with E-state index in [2.05, 4.69) is 15.3 Å². The van der Waals surface area contributed by atoms with Crippen LogP contribution in [0.1, 0.15) is 41.6 Å². The van der Waals surface area contributed by atoms with Gasteiger partial charge in [0.05, 0.1) is 0 Å². The van der Waals surface area contributed by atoms with E-state index < -0.39 is 23.5 Å². The van der Waals surface area contributed by atoms with Gasteiger partial charge in [0, 0.05) is 18.8 Å². The second kappa shape index (κ2) is 7.69. The number of aromatic amines is 1. The Labute approximate surface area is 155 Å². The number of carbonyl (C=O) groups is 2. The Morgan fingerprint density at radius 2 is 2.00 bits per heavy atom. The monoisotopic (exact) mass is 372 g/mol. The fraction of sp³-hybridized carbons (Fsp3) is 0.368. The topological polar surface area (TPSA) is 95.2 Å². The summed E-state index contributed by atoms with van der Waals surface area (Å²) in [6.45, 7) is 4.56. The van der Waals surface area contributed by atoms with Gasteiger partial charge in [-0.25, -0.2) is 9.18 Å². The maximum atomic E-state index is 13.2. The van der Waals surface area contributed by atoms with E-state index in [1.165, 1.54) is 29.2 Å². The van der Waals surface area contributed by atoms with E-state index in [4.69, 9.17) is 0 Å². The molecule has 7 nitrogen and oxygen atoms in total. The minimum atomic E-state index is -0.901. The zero-order chi connectivity index (χ0) is 19.6. The minimum absolute atomic E-state index is 0.00351. The summed E-state index contributed by atoms with van der Waals surface area (Å²) < 4.78 is 13.2. The summed E-state index contributed by atoms with van der Waals surface area (Å²) in [5.41, 5.74) is 0.509. The first-order valence-electron chi connectivity index (χ1n) is 8.79. The maximum absolute atomic E-state index is 13.2. The molecular formula is C19H21FN4O3. The first kappa shape index (κ1) is 18.8. The Balaban J connectivity index is 1.96. The molecule has 1 aromatic heterocycles. The van der Waals surface area contributed by atoms with Crippen LogP contribution in [0.3, 0.4) is 0 Å². The van der Waals surface area contributed by atoms with Crippen molar-refractivity contribution in [2.75, 3.05) is 13.1 Å². The number of hydrogen-bond donors (Lipinski definition) is 2. The SMILES string of the molecule is CC(C)Cc1cc(C(=O)N2CCNC(=O)C2c2ccc(F)cc2)nc(=O)[nH]1. The van der Waals surface area contributed by atoms with Crippen LogP contribution in [0.5, 0.6) is 0 Å². The van der Waals surface area contributed by atoms with Crippen LogP contribution >= 0.6 is 0 Å². The number of halogens is 1. The average molecular weight is 372 g/mol. The summed E-state index contributed by atoms with van der Waals surface area (Å²) in [4.78, 5) is 45.1. The van der Waals surface area contributed by atoms with Gasteiger partial charge in [-0.2, -0.15) is 4.98 Å². The number of nitrogens with one attached hydrogen (secondary N) is 2. The van der Waals surface area contributed by atoms with Crippen LogP contribution in [-0.4, -0.2) is 39.8 Å². The van der Waals surface area contributed by atoms with E-state index in [0.29, 0.717) is 30.1 Å². The Bertz CT molecular complexity index is 908. The van der Waals surface area contributed by atoms with Gasteiger partial charge in [0.25, 0.3) is 5.91 Å². The van der Waals surface area contributed by atoms with Gasteiger partial charge in [0.1, 0.15) is 17.6 Å². The normalized spacial score (nSPS) is 17.1. The number of piperazine rings is 1. The summed E-state index contributed by atoms with van der Waals surface area (Å²) in [5, 5.41) is 2.72. The highest BCUT2D eigenvalue weighted by atomic mass is 19.1. The van der Waals surface area contributed by atoms with Gasteiger partial charge in [-0.3, -0.25) is 9.59 Å². The molecule has 3 rings (SSSR count). The van der Waals surface area contributed by atoms with Gasteiger partial charge in [-0.1, -0.05) is 26.0 Å². The van der Waals surface area contributed by atoms with Gasteiger partial charge in [0.15, 0.2) is 0 Å². The van der Waals surface area contributed by atoms with Crippen LogP contribution in [0.15, 0.2) is 35.1 Å². The molecule has 0 aliphatic carbocycles. The van der Waals surface area contributed by atoms with Crippen molar-refractivity contribution in [1.29, 1.82) is 0 Å². The number of rotatable bonds is 4. The van der Waals surface area contributed by atoms with Crippen LogP contribution in [0, 0.1) is 11.7 Å². The van der Waals surface area contributed by atoms with Gasteiger partial charge >= 0.3 is 5.69 Å². The van der Waals surface area contributed by atoms with E-state index in [1.54, 1.807) is 6.07 Å². The number of benzene rings is 1. The van der Waals surface area contributed by atoms with Crippen molar-refractivity contribution < 1.29 is 14.0 Å². The number of amides is 2. The summed E-state index contributed by atoms with van der Waals surface area (Å²) in [6.07, 6.45) is 0.597. The Kier molecular flexibility index (Phi) is 5.34. The van der Waals surface area contributed by atoms with Crippen LogP contribution in [-0.2, 0) is 11.2 Å². The molecule has 27 heavy (non-hydrogen) atoms. The van der Waals surface area contributed by atoms with Crippen molar-refractivity contribution in [3.05, 3.63) is 63.6 Å². The molecule has 2 aromatic rings.